The van der Waals surface area contributed by atoms with Gasteiger partial charge in [-0.2, -0.15) is 0 Å². The number of ether oxygens (including phenoxy) is 1. The van der Waals surface area contributed by atoms with Crippen LogP contribution in [0, 0.1) is 5.41 Å². The first-order valence-corrected chi connectivity index (χ1v) is 10.6. The molecule has 3 rings (SSSR count). The van der Waals surface area contributed by atoms with Crippen LogP contribution in [0.5, 0.6) is 0 Å². The summed E-state index contributed by atoms with van der Waals surface area (Å²) in [5, 5.41) is 12.7. The predicted molar refractivity (Wildman–Crippen MR) is 125 cm³/mol. The molecule has 0 saturated carbocycles. The molecule has 0 aliphatic rings. The second-order valence-corrected chi connectivity index (χ2v) is 8.88. The van der Waals surface area contributed by atoms with Crippen LogP contribution in [0.1, 0.15) is 52.6 Å². The highest BCUT2D eigenvalue weighted by molar-refractivity contribution is 6.02. The van der Waals surface area contributed by atoms with E-state index >= 15 is 0 Å². The van der Waals surface area contributed by atoms with E-state index < -0.39 is 5.97 Å². The maximum absolute atomic E-state index is 13.1. The molecule has 0 aliphatic carbocycles. The lowest BCUT2D eigenvalue weighted by Gasteiger charge is -2.19. The Labute approximate surface area is 189 Å². The van der Waals surface area contributed by atoms with E-state index in [1.165, 1.54) is 0 Å². The molecule has 32 heavy (non-hydrogen) atoms. The fraction of sp³-hybridized carbons (Fsp3) is 0.259. The summed E-state index contributed by atoms with van der Waals surface area (Å²) in [6.45, 7) is 6.58. The van der Waals surface area contributed by atoms with E-state index in [1.807, 2.05) is 69.3 Å². The van der Waals surface area contributed by atoms with Gasteiger partial charge in [0.1, 0.15) is 6.61 Å². The third-order valence-corrected chi connectivity index (χ3v) is 4.97. The Balaban J connectivity index is 1.95. The Morgan fingerprint density at radius 1 is 0.906 bits per heavy atom. The number of aliphatic hydroxyl groups excluding tert-OH is 1. The zero-order valence-electron chi connectivity index (χ0n) is 18.7. The van der Waals surface area contributed by atoms with Crippen molar-refractivity contribution in [3.05, 3.63) is 95.1 Å². The molecule has 0 heterocycles. The molecule has 0 fully saturated rings. The van der Waals surface area contributed by atoms with Gasteiger partial charge in [-0.1, -0.05) is 81.4 Å². The number of nitrogens with one attached hydrogen (secondary N) is 1. The van der Waals surface area contributed by atoms with Crippen LogP contribution >= 0.6 is 0 Å². The molecule has 1 amide bonds. The molecule has 0 unspecified atom stereocenters. The first kappa shape index (κ1) is 23.2. The minimum Gasteiger partial charge on any atom is -0.457 e. The fourth-order valence-electron chi connectivity index (χ4n) is 3.26. The van der Waals surface area contributed by atoms with Crippen molar-refractivity contribution in [3.8, 4) is 11.1 Å². The van der Waals surface area contributed by atoms with Crippen LogP contribution in [0.2, 0.25) is 0 Å². The fourth-order valence-corrected chi connectivity index (χ4v) is 3.26. The molecule has 0 aromatic heterocycles. The number of hydrogen-bond donors (Lipinski definition) is 2. The Kier molecular flexibility index (Phi) is 7.44. The van der Waals surface area contributed by atoms with Crippen molar-refractivity contribution >= 4 is 11.9 Å². The van der Waals surface area contributed by atoms with Crippen LogP contribution in [-0.4, -0.2) is 23.5 Å². The average Bonchev–Trinajstić information content (AvgIpc) is 2.80. The first-order chi connectivity index (χ1) is 15.3. The summed E-state index contributed by atoms with van der Waals surface area (Å²) in [7, 11) is 0. The molecule has 0 atom stereocenters. The standard InChI is InChI=1S/C27H29NO4/c1-27(2,3)18-28-25(30)20-13-14-23(22-12-8-7-11-21(22)16-29)24(15-20)26(31)32-17-19-9-5-4-6-10-19/h4-15,29H,16-18H2,1-3H3,(H,28,30). The van der Waals surface area contributed by atoms with Crippen molar-refractivity contribution in [2.75, 3.05) is 6.54 Å². The average molecular weight is 432 g/mol. The van der Waals surface area contributed by atoms with Crippen molar-refractivity contribution in [2.45, 2.75) is 34.0 Å². The van der Waals surface area contributed by atoms with Gasteiger partial charge in [0, 0.05) is 12.1 Å². The normalized spacial score (nSPS) is 11.1. The number of carbonyl (C=O) groups excluding carboxylic acids is 2. The van der Waals surface area contributed by atoms with Gasteiger partial charge in [-0.25, -0.2) is 4.79 Å². The van der Waals surface area contributed by atoms with E-state index in [0.29, 0.717) is 23.2 Å². The van der Waals surface area contributed by atoms with Crippen LogP contribution in [0.15, 0.2) is 72.8 Å². The van der Waals surface area contributed by atoms with Gasteiger partial charge in [0.2, 0.25) is 0 Å². The minimum atomic E-state index is -0.526. The monoisotopic (exact) mass is 431 g/mol. The Bertz CT molecular complexity index is 1080. The van der Waals surface area contributed by atoms with Crippen LogP contribution in [0.4, 0.5) is 0 Å². The number of hydrogen-bond acceptors (Lipinski definition) is 4. The molecule has 0 spiro atoms. The Morgan fingerprint density at radius 3 is 2.28 bits per heavy atom. The van der Waals surface area contributed by atoms with Gasteiger partial charge >= 0.3 is 5.97 Å². The van der Waals surface area contributed by atoms with E-state index in [-0.39, 0.29) is 30.1 Å². The van der Waals surface area contributed by atoms with Crippen molar-refractivity contribution in [1.82, 2.24) is 5.32 Å². The van der Waals surface area contributed by atoms with Crippen LogP contribution < -0.4 is 5.32 Å². The molecular formula is C27H29NO4. The first-order valence-electron chi connectivity index (χ1n) is 10.6. The maximum Gasteiger partial charge on any atom is 0.339 e. The van der Waals surface area contributed by atoms with E-state index in [2.05, 4.69) is 5.32 Å². The quantitative estimate of drug-likeness (QED) is 0.518. The summed E-state index contributed by atoms with van der Waals surface area (Å²) in [6, 6.07) is 21.7. The summed E-state index contributed by atoms with van der Waals surface area (Å²) in [5.41, 5.74) is 3.50. The molecular weight excluding hydrogens is 402 g/mol. The number of carbonyl (C=O) groups is 2. The highest BCUT2D eigenvalue weighted by Crippen LogP contribution is 2.29. The summed E-state index contributed by atoms with van der Waals surface area (Å²) >= 11 is 0. The number of aliphatic hydroxyl groups is 1. The topological polar surface area (TPSA) is 75.6 Å². The van der Waals surface area contributed by atoms with Crippen LogP contribution in [0.25, 0.3) is 11.1 Å². The molecule has 0 radical (unpaired) electrons. The zero-order valence-corrected chi connectivity index (χ0v) is 18.7. The smallest absolute Gasteiger partial charge is 0.339 e. The van der Waals surface area contributed by atoms with Crippen LogP contribution in [-0.2, 0) is 18.0 Å². The summed E-state index contributed by atoms with van der Waals surface area (Å²) < 4.78 is 5.57. The molecule has 3 aromatic rings. The SMILES string of the molecule is CC(C)(C)CNC(=O)c1ccc(-c2ccccc2CO)c(C(=O)OCc2ccccc2)c1. The van der Waals surface area contributed by atoms with E-state index in [0.717, 1.165) is 11.1 Å². The summed E-state index contributed by atoms with van der Waals surface area (Å²) in [5.74, 6) is -0.777. The van der Waals surface area contributed by atoms with Crippen LogP contribution in [0.3, 0.4) is 0 Å². The van der Waals surface area contributed by atoms with Gasteiger partial charge in [-0.05, 0) is 39.8 Å². The highest BCUT2D eigenvalue weighted by atomic mass is 16.5. The number of rotatable bonds is 7. The van der Waals surface area contributed by atoms with Gasteiger partial charge < -0.3 is 15.2 Å². The molecule has 3 aromatic carbocycles. The Hall–Kier alpha value is -3.44. The van der Waals surface area contributed by atoms with E-state index in [4.69, 9.17) is 4.74 Å². The molecule has 5 heteroatoms. The highest BCUT2D eigenvalue weighted by Gasteiger charge is 2.20. The van der Waals surface area contributed by atoms with Gasteiger partial charge in [-0.15, -0.1) is 0 Å². The van der Waals surface area contributed by atoms with Crippen molar-refractivity contribution < 1.29 is 19.4 Å². The third-order valence-electron chi connectivity index (χ3n) is 4.97. The summed E-state index contributed by atoms with van der Waals surface area (Å²) in [6.07, 6.45) is 0. The lowest BCUT2D eigenvalue weighted by Crippen LogP contribution is -2.32. The minimum absolute atomic E-state index is 0.0624. The lowest BCUT2D eigenvalue weighted by atomic mass is 9.93. The molecule has 2 N–H and O–H groups in total. The second kappa shape index (κ2) is 10.2. The molecule has 5 nitrogen and oxygen atoms in total. The number of amides is 1. The zero-order chi connectivity index (χ0) is 23.1. The van der Waals surface area contributed by atoms with Gasteiger partial charge in [0.15, 0.2) is 0 Å². The van der Waals surface area contributed by atoms with E-state index in [1.54, 1.807) is 24.3 Å². The van der Waals surface area contributed by atoms with Crippen molar-refractivity contribution in [3.63, 3.8) is 0 Å². The molecule has 166 valence electrons. The molecule has 0 bridgehead atoms. The van der Waals surface area contributed by atoms with E-state index in [9.17, 15) is 14.7 Å². The number of esters is 1. The van der Waals surface area contributed by atoms with Gasteiger partial charge in [-0.3, -0.25) is 4.79 Å². The van der Waals surface area contributed by atoms with Gasteiger partial charge in [0.25, 0.3) is 5.91 Å². The van der Waals surface area contributed by atoms with Gasteiger partial charge in [0.05, 0.1) is 12.2 Å². The lowest BCUT2D eigenvalue weighted by molar-refractivity contribution is 0.0473. The van der Waals surface area contributed by atoms with Crippen molar-refractivity contribution in [1.29, 1.82) is 0 Å². The summed E-state index contributed by atoms with van der Waals surface area (Å²) in [4.78, 5) is 25.8. The third kappa shape index (κ3) is 6.05. The molecule has 0 saturated heterocycles. The van der Waals surface area contributed by atoms with Crippen molar-refractivity contribution in [2.24, 2.45) is 5.41 Å². The largest absolute Gasteiger partial charge is 0.457 e. The second-order valence-electron chi connectivity index (χ2n) is 8.88. The Morgan fingerprint density at radius 2 is 1.59 bits per heavy atom. The molecule has 0 aliphatic heterocycles. The predicted octanol–water partition coefficient (Wildman–Crippen LogP) is 4.98. The maximum atomic E-state index is 13.1. The number of benzene rings is 3.